The van der Waals surface area contributed by atoms with Crippen molar-refractivity contribution >= 4 is 59.9 Å². The molecule has 0 heteroatoms. The molecule has 0 amide bonds. The minimum Gasteiger partial charge on any atom is -0.0767 e. The second kappa shape index (κ2) is 11.5. The Labute approximate surface area is 303 Å². The van der Waals surface area contributed by atoms with Crippen molar-refractivity contribution in [2.75, 3.05) is 0 Å². The van der Waals surface area contributed by atoms with E-state index in [-0.39, 0.29) is 0 Å². The molecule has 0 bridgehead atoms. The summed E-state index contributed by atoms with van der Waals surface area (Å²) >= 11 is 0. The molecule has 0 N–H and O–H groups in total. The van der Waals surface area contributed by atoms with Gasteiger partial charge in [0.15, 0.2) is 0 Å². The molecule has 0 fully saturated rings. The second-order valence-electron chi connectivity index (χ2n) is 14.3. The van der Waals surface area contributed by atoms with Crippen molar-refractivity contribution in [2.24, 2.45) is 5.92 Å². The van der Waals surface area contributed by atoms with Crippen molar-refractivity contribution in [3.8, 4) is 33.4 Å². The Morgan fingerprint density at radius 2 is 0.962 bits per heavy atom. The average Bonchev–Trinajstić information content (AvgIpc) is 3.21. The van der Waals surface area contributed by atoms with Gasteiger partial charge in [0.05, 0.1) is 0 Å². The first-order chi connectivity index (χ1) is 25.8. The lowest BCUT2D eigenvalue weighted by molar-refractivity contribution is 0.760. The van der Waals surface area contributed by atoms with E-state index >= 15 is 0 Å². The van der Waals surface area contributed by atoms with Gasteiger partial charge in [-0.2, -0.15) is 0 Å². The van der Waals surface area contributed by atoms with Crippen molar-refractivity contribution in [3.05, 3.63) is 199 Å². The van der Waals surface area contributed by atoms with Gasteiger partial charge < -0.3 is 0 Å². The Hall–Kier alpha value is -6.50. The van der Waals surface area contributed by atoms with Gasteiger partial charge in [-0.25, -0.2) is 0 Å². The number of hydrogen-bond donors (Lipinski definition) is 0. The zero-order valence-corrected chi connectivity index (χ0v) is 28.7. The molecule has 9 aromatic carbocycles. The summed E-state index contributed by atoms with van der Waals surface area (Å²) in [5, 5.41) is 12.8. The van der Waals surface area contributed by atoms with Crippen molar-refractivity contribution in [1.29, 1.82) is 0 Å². The van der Waals surface area contributed by atoms with E-state index in [9.17, 15) is 0 Å². The predicted octanol–water partition coefficient (Wildman–Crippen LogP) is 14.1. The van der Waals surface area contributed by atoms with Gasteiger partial charge in [0.2, 0.25) is 0 Å². The molecule has 0 aliphatic heterocycles. The first kappa shape index (κ1) is 29.3. The van der Waals surface area contributed by atoms with Crippen LogP contribution in [0.3, 0.4) is 0 Å². The largest absolute Gasteiger partial charge is 0.0767 e. The number of rotatable bonds is 3. The monoisotopic (exact) mass is 658 g/mol. The smallest absolute Gasteiger partial charge is 0.00619 e. The molecule has 0 spiro atoms. The quantitative estimate of drug-likeness (QED) is 0.166. The second-order valence-corrected chi connectivity index (χ2v) is 14.3. The molecule has 242 valence electrons. The molecule has 1 unspecified atom stereocenters. The number of hydrogen-bond acceptors (Lipinski definition) is 0. The van der Waals surface area contributed by atoms with Gasteiger partial charge in [0.25, 0.3) is 0 Å². The first-order valence-electron chi connectivity index (χ1n) is 18.4. The summed E-state index contributed by atoms with van der Waals surface area (Å²) in [5.41, 5.74) is 11.8. The van der Waals surface area contributed by atoms with Gasteiger partial charge in [0.1, 0.15) is 0 Å². The molecule has 0 heterocycles. The van der Waals surface area contributed by atoms with Crippen LogP contribution >= 0.6 is 0 Å². The molecule has 0 saturated carbocycles. The summed E-state index contributed by atoms with van der Waals surface area (Å²) in [6.45, 7) is 0. The molecule has 0 radical (unpaired) electrons. The van der Waals surface area contributed by atoms with Crippen LogP contribution in [0.25, 0.3) is 93.3 Å². The Morgan fingerprint density at radius 3 is 1.69 bits per heavy atom. The highest BCUT2D eigenvalue weighted by Gasteiger charge is 2.23. The molecular weight excluding hydrogens is 625 g/mol. The fourth-order valence-electron chi connectivity index (χ4n) is 9.18. The van der Waals surface area contributed by atoms with Crippen molar-refractivity contribution < 1.29 is 0 Å². The third-order valence-corrected chi connectivity index (χ3v) is 11.6. The number of fused-ring (bicyclic) bond motifs is 8. The maximum Gasteiger partial charge on any atom is 0.00619 e. The van der Waals surface area contributed by atoms with Crippen molar-refractivity contribution in [2.45, 2.75) is 6.42 Å². The molecule has 52 heavy (non-hydrogen) atoms. The highest BCUT2D eigenvalue weighted by Crippen LogP contribution is 2.48. The zero-order chi connectivity index (χ0) is 34.2. The molecule has 0 aromatic heterocycles. The summed E-state index contributed by atoms with van der Waals surface area (Å²) in [6, 6.07) is 59.0. The highest BCUT2D eigenvalue weighted by atomic mass is 14.3. The summed E-state index contributed by atoms with van der Waals surface area (Å²) in [5.74, 6) is 0.469. The summed E-state index contributed by atoms with van der Waals surface area (Å²) in [4.78, 5) is 0. The normalized spacial score (nSPS) is 15.0. The minimum absolute atomic E-state index is 0.469. The Bertz CT molecular complexity index is 3030. The summed E-state index contributed by atoms with van der Waals surface area (Å²) in [6.07, 6.45) is 12.5. The van der Waals surface area contributed by atoms with E-state index < -0.39 is 0 Å². The fourth-order valence-corrected chi connectivity index (χ4v) is 9.18. The fraction of sp³-hybridized carbons (Fsp3) is 0.0385. The average molecular weight is 659 g/mol. The molecule has 9 aromatic rings. The van der Waals surface area contributed by atoms with E-state index in [1.807, 2.05) is 0 Å². The SMILES string of the molecule is C1=CC2=Cc3c(ccc4c(-c5ccc6c(-c7cccc8ccccc78)c7ccccc7c(-c7cccc8ccccc78)c6c5)cccc34)CC2C=C1. The van der Waals surface area contributed by atoms with Crippen LogP contribution in [0, 0.1) is 5.92 Å². The lowest BCUT2D eigenvalue weighted by Crippen LogP contribution is -2.11. The van der Waals surface area contributed by atoms with Gasteiger partial charge in [-0.15, -0.1) is 0 Å². The molecule has 2 aliphatic carbocycles. The standard InChI is InChI=1S/C52H34/c1-2-15-36-31-49-37(30-35(36)14-1)26-28-43-41(22-11-23-42(43)49)38-27-29-48-50(32-38)52(45-25-10-17-34-13-4-6-19-40(34)45)47-21-8-7-20-46(47)51(48)44-24-9-16-33-12-3-5-18-39(33)44/h1-29,31-32,35H,30H2. The van der Waals surface area contributed by atoms with E-state index in [2.05, 4.69) is 188 Å². The zero-order valence-electron chi connectivity index (χ0n) is 28.7. The van der Waals surface area contributed by atoms with Gasteiger partial charge in [-0.1, -0.05) is 182 Å². The Kier molecular flexibility index (Phi) is 6.48. The van der Waals surface area contributed by atoms with Crippen LogP contribution in [0.2, 0.25) is 0 Å². The van der Waals surface area contributed by atoms with Gasteiger partial charge >= 0.3 is 0 Å². The highest BCUT2D eigenvalue weighted by molar-refractivity contribution is 6.26. The summed E-state index contributed by atoms with van der Waals surface area (Å²) < 4.78 is 0. The third kappa shape index (κ3) is 4.41. The minimum atomic E-state index is 0.469. The van der Waals surface area contributed by atoms with Gasteiger partial charge in [0, 0.05) is 5.92 Å². The maximum atomic E-state index is 2.48. The lowest BCUT2D eigenvalue weighted by Gasteiger charge is -2.25. The van der Waals surface area contributed by atoms with Gasteiger partial charge in [-0.3, -0.25) is 0 Å². The van der Waals surface area contributed by atoms with E-state index in [0.717, 1.165) is 6.42 Å². The first-order valence-corrected chi connectivity index (χ1v) is 18.4. The van der Waals surface area contributed by atoms with Crippen LogP contribution < -0.4 is 0 Å². The van der Waals surface area contributed by atoms with E-state index in [4.69, 9.17) is 0 Å². The molecule has 0 nitrogen and oxygen atoms in total. The van der Waals surface area contributed by atoms with Gasteiger partial charge in [-0.05, 0) is 116 Å². The molecule has 2 aliphatic rings. The van der Waals surface area contributed by atoms with Crippen LogP contribution in [0.15, 0.2) is 188 Å². The summed E-state index contributed by atoms with van der Waals surface area (Å²) in [7, 11) is 0. The third-order valence-electron chi connectivity index (χ3n) is 11.6. The maximum absolute atomic E-state index is 2.48. The van der Waals surface area contributed by atoms with Crippen molar-refractivity contribution in [3.63, 3.8) is 0 Å². The molecule has 11 rings (SSSR count). The molecule has 0 saturated heterocycles. The van der Waals surface area contributed by atoms with Crippen LogP contribution in [-0.4, -0.2) is 0 Å². The van der Waals surface area contributed by atoms with E-state index in [1.54, 1.807) is 0 Å². The van der Waals surface area contributed by atoms with Crippen LogP contribution in [0.4, 0.5) is 0 Å². The Balaban J connectivity index is 1.24. The lowest BCUT2D eigenvalue weighted by atomic mass is 9.79. The predicted molar refractivity (Wildman–Crippen MR) is 224 cm³/mol. The van der Waals surface area contributed by atoms with Crippen LogP contribution in [0.5, 0.6) is 0 Å². The van der Waals surface area contributed by atoms with Crippen LogP contribution in [-0.2, 0) is 6.42 Å². The van der Waals surface area contributed by atoms with Crippen LogP contribution in [0.1, 0.15) is 11.1 Å². The van der Waals surface area contributed by atoms with Crippen molar-refractivity contribution in [1.82, 2.24) is 0 Å². The molecular formula is C52H34. The Morgan fingerprint density at radius 1 is 0.404 bits per heavy atom. The topological polar surface area (TPSA) is 0 Å². The number of allylic oxidation sites excluding steroid dienone is 5. The van der Waals surface area contributed by atoms with E-state index in [1.165, 1.54) is 104 Å². The number of benzene rings is 9. The van der Waals surface area contributed by atoms with E-state index in [0.29, 0.717) is 5.92 Å². The molecule has 1 atom stereocenters.